The molecule has 3 heterocycles. The Balaban J connectivity index is 1.79. The fourth-order valence-electron chi connectivity index (χ4n) is 2.84. The molecule has 0 saturated carbocycles. The van der Waals surface area contributed by atoms with Crippen LogP contribution in [0.2, 0.25) is 0 Å². The molecular formula is C13H21N3O. The second kappa shape index (κ2) is 4.42. The van der Waals surface area contributed by atoms with Crippen LogP contribution in [0, 0.1) is 6.92 Å². The molecule has 1 aromatic heterocycles. The van der Waals surface area contributed by atoms with Crippen molar-refractivity contribution in [2.45, 2.75) is 31.6 Å². The van der Waals surface area contributed by atoms with Crippen molar-refractivity contribution in [3.63, 3.8) is 0 Å². The van der Waals surface area contributed by atoms with Crippen molar-refractivity contribution < 1.29 is 4.42 Å². The largest absolute Gasteiger partial charge is 0.445 e. The number of aryl methyl sites for hydroxylation is 1. The van der Waals surface area contributed by atoms with Crippen LogP contribution in [0.3, 0.4) is 0 Å². The quantitative estimate of drug-likeness (QED) is 0.843. The summed E-state index contributed by atoms with van der Waals surface area (Å²) in [5, 5.41) is 3.27. The van der Waals surface area contributed by atoms with Gasteiger partial charge in [0, 0.05) is 25.6 Å². The molecule has 0 radical (unpaired) electrons. The summed E-state index contributed by atoms with van der Waals surface area (Å²) in [5.74, 6) is 3.06. The molecule has 2 saturated heterocycles. The normalized spacial score (nSPS) is 27.1. The highest BCUT2D eigenvalue weighted by atomic mass is 16.4. The predicted octanol–water partition coefficient (Wildman–Crippen LogP) is 1.48. The van der Waals surface area contributed by atoms with Crippen LogP contribution in [0.15, 0.2) is 4.42 Å². The minimum absolute atomic E-state index is 0.503. The van der Waals surface area contributed by atoms with E-state index in [0.29, 0.717) is 11.8 Å². The number of hydrogen-bond acceptors (Lipinski definition) is 4. The zero-order valence-corrected chi connectivity index (χ0v) is 10.7. The summed E-state index contributed by atoms with van der Waals surface area (Å²) in [5.41, 5.74) is 1.21. The SMILES string of the molecule is Cc1oc(C2CNC2)nc1C1CCCN(C)C1. The minimum atomic E-state index is 0.503. The van der Waals surface area contributed by atoms with Gasteiger partial charge in [0.15, 0.2) is 5.89 Å². The molecule has 94 valence electrons. The molecule has 0 bridgehead atoms. The van der Waals surface area contributed by atoms with Gasteiger partial charge in [0.2, 0.25) is 0 Å². The Morgan fingerprint density at radius 1 is 1.35 bits per heavy atom. The van der Waals surface area contributed by atoms with Crippen LogP contribution in [-0.2, 0) is 0 Å². The number of likely N-dealkylation sites (tertiary alicyclic amines) is 1. The second-order valence-corrected chi connectivity index (χ2v) is 5.45. The topological polar surface area (TPSA) is 41.3 Å². The van der Waals surface area contributed by atoms with Gasteiger partial charge in [0.1, 0.15) is 5.76 Å². The maximum Gasteiger partial charge on any atom is 0.200 e. The molecule has 1 aromatic rings. The first-order valence-electron chi connectivity index (χ1n) is 6.60. The van der Waals surface area contributed by atoms with Crippen LogP contribution >= 0.6 is 0 Å². The van der Waals surface area contributed by atoms with Gasteiger partial charge in [-0.3, -0.25) is 0 Å². The van der Waals surface area contributed by atoms with E-state index in [1.165, 1.54) is 25.1 Å². The molecule has 1 unspecified atom stereocenters. The molecule has 1 N–H and O–H groups in total. The zero-order chi connectivity index (χ0) is 11.8. The Morgan fingerprint density at radius 2 is 2.18 bits per heavy atom. The standard InChI is InChI=1S/C13H21N3O/c1-9-12(10-4-3-5-16(2)8-10)15-13(17-9)11-6-14-7-11/h10-11,14H,3-8H2,1-2H3. The Bertz CT molecular complexity index is 397. The molecule has 2 aliphatic heterocycles. The Morgan fingerprint density at radius 3 is 2.82 bits per heavy atom. The number of rotatable bonds is 2. The molecule has 0 amide bonds. The first-order chi connectivity index (χ1) is 8.24. The van der Waals surface area contributed by atoms with E-state index in [4.69, 9.17) is 9.40 Å². The molecule has 2 fully saturated rings. The Labute approximate surface area is 102 Å². The summed E-state index contributed by atoms with van der Waals surface area (Å²) in [7, 11) is 2.19. The lowest BCUT2D eigenvalue weighted by atomic mass is 9.94. The van der Waals surface area contributed by atoms with Gasteiger partial charge in [-0.25, -0.2) is 4.98 Å². The van der Waals surface area contributed by atoms with E-state index in [2.05, 4.69) is 24.2 Å². The zero-order valence-electron chi connectivity index (χ0n) is 10.7. The molecule has 0 aromatic carbocycles. The molecule has 4 heteroatoms. The molecule has 2 aliphatic rings. The third-order valence-corrected chi connectivity index (χ3v) is 3.99. The van der Waals surface area contributed by atoms with Crippen molar-refractivity contribution >= 4 is 0 Å². The summed E-state index contributed by atoms with van der Waals surface area (Å²) in [6, 6.07) is 0. The van der Waals surface area contributed by atoms with Gasteiger partial charge in [-0.2, -0.15) is 0 Å². The highest BCUT2D eigenvalue weighted by Crippen LogP contribution is 2.30. The average Bonchev–Trinajstić information content (AvgIpc) is 2.57. The van der Waals surface area contributed by atoms with Gasteiger partial charge >= 0.3 is 0 Å². The van der Waals surface area contributed by atoms with Crippen molar-refractivity contribution in [2.75, 3.05) is 33.2 Å². The van der Waals surface area contributed by atoms with Gasteiger partial charge in [-0.05, 0) is 33.4 Å². The van der Waals surface area contributed by atoms with Crippen molar-refractivity contribution in [3.8, 4) is 0 Å². The molecule has 4 nitrogen and oxygen atoms in total. The van der Waals surface area contributed by atoms with Gasteiger partial charge < -0.3 is 14.6 Å². The molecule has 0 spiro atoms. The summed E-state index contributed by atoms with van der Waals surface area (Å²) in [6.45, 7) is 6.43. The number of aromatic nitrogens is 1. The maximum absolute atomic E-state index is 5.84. The van der Waals surface area contributed by atoms with E-state index in [1.807, 2.05) is 0 Å². The van der Waals surface area contributed by atoms with E-state index in [1.54, 1.807) is 0 Å². The number of hydrogen-bond donors (Lipinski definition) is 1. The van der Waals surface area contributed by atoms with Gasteiger partial charge in [-0.1, -0.05) is 0 Å². The molecule has 0 aliphatic carbocycles. The number of piperidine rings is 1. The van der Waals surface area contributed by atoms with Crippen molar-refractivity contribution in [1.29, 1.82) is 0 Å². The fraction of sp³-hybridized carbons (Fsp3) is 0.769. The van der Waals surface area contributed by atoms with Crippen LogP contribution < -0.4 is 5.32 Å². The maximum atomic E-state index is 5.84. The monoisotopic (exact) mass is 235 g/mol. The van der Waals surface area contributed by atoms with E-state index >= 15 is 0 Å². The van der Waals surface area contributed by atoms with Crippen LogP contribution in [0.4, 0.5) is 0 Å². The van der Waals surface area contributed by atoms with Crippen molar-refractivity contribution in [3.05, 3.63) is 17.3 Å². The number of likely N-dealkylation sites (N-methyl/N-ethyl adjacent to an activating group) is 1. The number of nitrogens with one attached hydrogen (secondary N) is 1. The second-order valence-electron chi connectivity index (χ2n) is 5.45. The third-order valence-electron chi connectivity index (χ3n) is 3.99. The predicted molar refractivity (Wildman–Crippen MR) is 66.3 cm³/mol. The van der Waals surface area contributed by atoms with Crippen LogP contribution in [0.1, 0.15) is 42.0 Å². The van der Waals surface area contributed by atoms with Gasteiger partial charge in [0.05, 0.1) is 11.6 Å². The third kappa shape index (κ3) is 2.11. The molecular weight excluding hydrogens is 214 g/mol. The van der Waals surface area contributed by atoms with Crippen LogP contribution in [-0.4, -0.2) is 43.1 Å². The lowest BCUT2D eigenvalue weighted by molar-refractivity contribution is 0.247. The average molecular weight is 235 g/mol. The Kier molecular flexibility index (Phi) is 2.92. The first kappa shape index (κ1) is 11.2. The van der Waals surface area contributed by atoms with E-state index in [-0.39, 0.29) is 0 Å². The fourth-order valence-corrected chi connectivity index (χ4v) is 2.84. The lowest BCUT2D eigenvalue weighted by Crippen LogP contribution is -2.40. The summed E-state index contributed by atoms with van der Waals surface area (Å²) >= 11 is 0. The van der Waals surface area contributed by atoms with Crippen molar-refractivity contribution in [2.24, 2.45) is 0 Å². The molecule has 1 atom stereocenters. The summed E-state index contributed by atoms with van der Waals surface area (Å²) in [6.07, 6.45) is 2.52. The highest BCUT2D eigenvalue weighted by Gasteiger charge is 2.29. The van der Waals surface area contributed by atoms with E-state index in [0.717, 1.165) is 31.3 Å². The number of oxazole rings is 1. The minimum Gasteiger partial charge on any atom is -0.445 e. The molecule has 17 heavy (non-hydrogen) atoms. The van der Waals surface area contributed by atoms with Crippen LogP contribution in [0.5, 0.6) is 0 Å². The van der Waals surface area contributed by atoms with Crippen LogP contribution in [0.25, 0.3) is 0 Å². The Hall–Kier alpha value is -0.870. The highest BCUT2D eigenvalue weighted by molar-refractivity contribution is 5.18. The van der Waals surface area contributed by atoms with Gasteiger partial charge in [-0.15, -0.1) is 0 Å². The summed E-state index contributed by atoms with van der Waals surface area (Å²) in [4.78, 5) is 7.15. The number of nitrogens with zero attached hydrogens (tertiary/aromatic N) is 2. The van der Waals surface area contributed by atoms with Crippen molar-refractivity contribution in [1.82, 2.24) is 15.2 Å². The summed E-state index contributed by atoms with van der Waals surface area (Å²) < 4.78 is 5.84. The smallest absolute Gasteiger partial charge is 0.200 e. The van der Waals surface area contributed by atoms with Gasteiger partial charge in [0.25, 0.3) is 0 Å². The lowest BCUT2D eigenvalue weighted by Gasteiger charge is -2.28. The first-order valence-corrected chi connectivity index (χ1v) is 6.60. The van der Waals surface area contributed by atoms with E-state index in [9.17, 15) is 0 Å². The van der Waals surface area contributed by atoms with E-state index < -0.39 is 0 Å². The molecule has 3 rings (SSSR count).